The van der Waals surface area contributed by atoms with Gasteiger partial charge in [0.25, 0.3) is 0 Å². The van der Waals surface area contributed by atoms with Gasteiger partial charge in [0.05, 0.1) is 6.42 Å². The second-order valence-electron chi connectivity index (χ2n) is 5.50. The number of aryl methyl sites for hydroxylation is 1. The standard InChI is InChI=1S/C15H21NO3/c1-11-5-7-12(8-6-11)16-13(17)9-10-14(18)19-15(2,3)4/h5-8H,9-10H2,1-4H3,(H,16,17). The minimum absolute atomic E-state index is 0.0922. The smallest absolute Gasteiger partial charge is 0.306 e. The van der Waals surface area contributed by atoms with Gasteiger partial charge in [0, 0.05) is 12.1 Å². The lowest BCUT2D eigenvalue weighted by molar-refractivity contribution is -0.155. The highest BCUT2D eigenvalue weighted by Gasteiger charge is 2.17. The van der Waals surface area contributed by atoms with E-state index in [1.807, 2.05) is 31.2 Å². The van der Waals surface area contributed by atoms with Crippen LogP contribution in [0.15, 0.2) is 24.3 Å². The number of rotatable bonds is 4. The third-order valence-corrected chi connectivity index (χ3v) is 2.31. The van der Waals surface area contributed by atoms with Crippen LogP contribution in [0.5, 0.6) is 0 Å². The van der Waals surface area contributed by atoms with Crippen LogP contribution in [0.4, 0.5) is 5.69 Å². The van der Waals surface area contributed by atoms with E-state index >= 15 is 0 Å². The Morgan fingerprint density at radius 1 is 1.11 bits per heavy atom. The largest absolute Gasteiger partial charge is 0.460 e. The zero-order valence-electron chi connectivity index (χ0n) is 11.9. The van der Waals surface area contributed by atoms with Crippen molar-refractivity contribution in [3.8, 4) is 0 Å². The molecule has 4 nitrogen and oxygen atoms in total. The van der Waals surface area contributed by atoms with E-state index in [0.29, 0.717) is 0 Å². The molecule has 1 aromatic rings. The number of carbonyl (C=O) groups excluding carboxylic acids is 2. The van der Waals surface area contributed by atoms with Gasteiger partial charge in [0.2, 0.25) is 5.91 Å². The fraction of sp³-hybridized carbons (Fsp3) is 0.467. The summed E-state index contributed by atoms with van der Waals surface area (Å²) in [5.41, 5.74) is 1.36. The molecule has 0 aliphatic heterocycles. The van der Waals surface area contributed by atoms with Crippen molar-refractivity contribution in [2.45, 2.75) is 46.1 Å². The molecule has 1 aromatic carbocycles. The quantitative estimate of drug-likeness (QED) is 0.849. The predicted molar refractivity (Wildman–Crippen MR) is 74.9 cm³/mol. The maximum Gasteiger partial charge on any atom is 0.306 e. The van der Waals surface area contributed by atoms with Gasteiger partial charge in [-0.25, -0.2) is 0 Å². The van der Waals surface area contributed by atoms with Gasteiger partial charge < -0.3 is 10.1 Å². The van der Waals surface area contributed by atoms with Crippen molar-refractivity contribution >= 4 is 17.6 Å². The molecule has 0 aromatic heterocycles. The van der Waals surface area contributed by atoms with Gasteiger partial charge in [-0.15, -0.1) is 0 Å². The summed E-state index contributed by atoms with van der Waals surface area (Å²) in [5.74, 6) is -0.540. The number of benzene rings is 1. The molecule has 0 heterocycles. The number of carbonyl (C=O) groups is 2. The molecule has 0 bridgehead atoms. The van der Waals surface area contributed by atoms with Crippen LogP contribution in [0.25, 0.3) is 0 Å². The SMILES string of the molecule is Cc1ccc(NC(=O)CCC(=O)OC(C)(C)C)cc1. The van der Waals surface area contributed by atoms with E-state index in [4.69, 9.17) is 4.74 Å². The molecule has 0 spiro atoms. The van der Waals surface area contributed by atoms with Crippen molar-refractivity contribution < 1.29 is 14.3 Å². The minimum Gasteiger partial charge on any atom is -0.460 e. The zero-order valence-corrected chi connectivity index (χ0v) is 11.9. The van der Waals surface area contributed by atoms with E-state index < -0.39 is 5.60 Å². The molecule has 1 amide bonds. The number of ether oxygens (including phenoxy) is 1. The Kier molecular flexibility index (Phi) is 5.10. The molecule has 0 saturated carbocycles. The molecule has 4 heteroatoms. The summed E-state index contributed by atoms with van der Waals surface area (Å²) < 4.78 is 5.14. The highest BCUT2D eigenvalue weighted by atomic mass is 16.6. The van der Waals surface area contributed by atoms with Gasteiger partial charge in [-0.3, -0.25) is 9.59 Å². The molecular formula is C15H21NO3. The van der Waals surface area contributed by atoms with Gasteiger partial charge in [-0.1, -0.05) is 17.7 Å². The summed E-state index contributed by atoms with van der Waals surface area (Å²) in [4.78, 5) is 23.1. The van der Waals surface area contributed by atoms with E-state index in [1.165, 1.54) is 0 Å². The van der Waals surface area contributed by atoms with Crippen molar-refractivity contribution in [3.63, 3.8) is 0 Å². The molecule has 0 radical (unpaired) electrons. The summed E-state index contributed by atoms with van der Waals surface area (Å²) in [6.07, 6.45) is 0.220. The summed E-state index contributed by atoms with van der Waals surface area (Å²) >= 11 is 0. The molecule has 104 valence electrons. The monoisotopic (exact) mass is 263 g/mol. The van der Waals surface area contributed by atoms with Gasteiger partial charge in [0.1, 0.15) is 5.60 Å². The molecule has 1 rings (SSSR count). The van der Waals surface area contributed by atoms with Crippen molar-refractivity contribution in [2.24, 2.45) is 0 Å². The Morgan fingerprint density at radius 3 is 2.21 bits per heavy atom. The highest BCUT2D eigenvalue weighted by molar-refractivity contribution is 5.92. The second-order valence-corrected chi connectivity index (χ2v) is 5.50. The maximum atomic E-state index is 11.6. The van der Waals surface area contributed by atoms with Crippen molar-refractivity contribution in [1.29, 1.82) is 0 Å². The lowest BCUT2D eigenvalue weighted by Crippen LogP contribution is -2.24. The molecule has 0 saturated heterocycles. The average molecular weight is 263 g/mol. The lowest BCUT2D eigenvalue weighted by atomic mass is 10.2. The van der Waals surface area contributed by atoms with Crippen molar-refractivity contribution in [2.75, 3.05) is 5.32 Å². The van der Waals surface area contributed by atoms with E-state index in [1.54, 1.807) is 20.8 Å². The number of nitrogens with one attached hydrogen (secondary N) is 1. The number of esters is 1. The molecule has 0 fully saturated rings. The van der Waals surface area contributed by atoms with Crippen molar-refractivity contribution in [1.82, 2.24) is 0 Å². The molecule has 0 aliphatic rings. The van der Waals surface area contributed by atoms with E-state index in [9.17, 15) is 9.59 Å². The Labute approximate surface area is 114 Å². The number of hydrogen-bond donors (Lipinski definition) is 1. The number of anilines is 1. The Balaban J connectivity index is 2.36. The maximum absolute atomic E-state index is 11.6. The molecule has 0 unspecified atom stereocenters. The summed E-state index contributed by atoms with van der Waals surface area (Å²) in [6, 6.07) is 7.51. The zero-order chi connectivity index (χ0) is 14.5. The third kappa shape index (κ3) is 6.60. The van der Waals surface area contributed by atoms with Crippen LogP contribution in [0.2, 0.25) is 0 Å². The van der Waals surface area contributed by atoms with Gasteiger partial charge in [0.15, 0.2) is 0 Å². The first-order valence-electron chi connectivity index (χ1n) is 6.34. The van der Waals surface area contributed by atoms with E-state index in [0.717, 1.165) is 11.3 Å². The highest BCUT2D eigenvalue weighted by Crippen LogP contribution is 2.11. The third-order valence-electron chi connectivity index (χ3n) is 2.31. The van der Waals surface area contributed by atoms with Crippen LogP contribution < -0.4 is 5.32 Å². The minimum atomic E-state index is -0.509. The van der Waals surface area contributed by atoms with Crippen LogP contribution in [0.1, 0.15) is 39.2 Å². The van der Waals surface area contributed by atoms with Crippen LogP contribution in [-0.2, 0) is 14.3 Å². The summed E-state index contributed by atoms with van der Waals surface area (Å²) in [6.45, 7) is 7.39. The Bertz CT molecular complexity index is 443. The molecular weight excluding hydrogens is 242 g/mol. The normalized spacial score (nSPS) is 10.9. The van der Waals surface area contributed by atoms with Gasteiger partial charge in [-0.05, 0) is 39.8 Å². The van der Waals surface area contributed by atoms with Crippen LogP contribution >= 0.6 is 0 Å². The first kappa shape index (κ1) is 15.2. The first-order valence-corrected chi connectivity index (χ1v) is 6.34. The molecule has 0 atom stereocenters. The van der Waals surface area contributed by atoms with Crippen molar-refractivity contribution in [3.05, 3.63) is 29.8 Å². The Morgan fingerprint density at radius 2 is 1.68 bits per heavy atom. The fourth-order valence-corrected chi connectivity index (χ4v) is 1.47. The van der Waals surface area contributed by atoms with Gasteiger partial charge >= 0.3 is 5.97 Å². The number of amides is 1. The summed E-state index contributed by atoms with van der Waals surface area (Å²) in [7, 11) is 0. The first-order chi connectivity index (χ1) is 8.76. The molecule has 19 heavy (non-hydrogen) atoms. The Hall–Kier alpha value is -1.84. The fourth-order valence-electron chi connectivity index (χ4n) is 1.47. The average Bonchev–Trinajstić information content (AvgIpc) is 2.27. The summed E-state index contributed by atoms with van der Waals surface area (Å²) in [5, 5.41) is 2.74. The van der Waals surface area contributed by atoms with Crippen LogP contribution in [-0.4, -0.2) is 17.5 Å². The van der Waals surface area contributed by atoms with Gasteiger partial charge in [-0.2, -0.15) is 0 Å². The lowest BCUT2D eigenvalue weighted by Gasteiger charge is -2.19. The van der Waals surface area contributed by atoms with E-state index in [-0.39, 0.29) is 24.7 Å². The molecule has 1 N–H and O–H groups in total. The predicted octanol–water partition coefficient (Wildman–Crippen LogP) is 3.06. The van der Waals surface area contributed by atoms with Crippen LogP contribution in [0, 0.1) is 6.92 Å². The van der Waals surface area contributed by atoms with Crippen LogP contribution in [0.3, 0.4) is 0 Å². The number of hydrogen-bond acceptors (Lipinski definition) is 3. The molecule has 0 aliphatic carbocycles. The van der Waals surface area contributed by atoms with E-state index in [2.05, 4.69) is 5.32 Å². The second kappa shape index (κ2) is 6.36. The topological polar surface area (TPSA) is 55.4 Å².